The fourth-order valence-electron chi connectivity index (χ4n) is 0.900. The average molecular weight is 316 g/mol. The summed E-state index contributed by atoms with van der Waals surface area (Å²) in [7, 11) is -9.65. The van der Waals surface area contributed by atoms with Gasteiger partial charge in [0.05, 0.1) is 0 Å². The monoisotopic (exact) mass is 316 g/mol. The van der Waals surface area contributed by atoms with Crippen LogP contribution < -0.4 is 10.0 Å². The number of aromatic amines is 1. The number of phosphoric acid groups is 2. The maximum absolute atomic E-state index is 12.0. The Labute approximate surface area is 108 Å². The van der Waals surface area contributed by atoms with Gasteiger partial charge in [0.25, 0.3) is 0 Å². The van der Waals surface area contributed by atoms with E-state index in [4.69, 9.17) is 9.79 Å². The molecule has 19 heavy (non-hydrogen) atoms. The standard InChI is InChI=1S/C6H14N4O7P2/c1-2-3-4-9-16-19(14,17-18(11,12)13)15-6-7-5-8-10-6/h5,9H,2-4H2,1H3,(H,7,8,10)(H2,11,12,13). The van der Waals surface area contributed by atoms with Crippen LogP contribution in [0.4, 0.5) is 0 Å². The molecule has 0 aliphatic rings. The third-order valence-electron chi connectivity index (χ3n) is 1.61. The number of hydroxylamine groups is 1. The van der Waals surface area contributed by atoms with Crippen molar-refractivity contribution in [3.05, 3.63) is 6.33 Å². The summed E-state index contributed by atoms with van der Waals surface area (Å²) < 4.78 is 35.9. The highest BCUT2D eigenvalue weighted by Crippen LogP contribution is 2.59. The van der Waals surface area contributed by atoms with Crippen LogP contribution >= 0.6 is 15.6 Å². The van der Waals surface area contributed by atoms with Gasteiger partial charge < -0.3 is 14.3 Å². The van der Waals surface area contributed by atoms with Crippen molar-refractivity contribution in [1.82, 2.24) is 20.7 Å². The summed E-state index contributed by atoms with van der Waals surface area (Å²) in [5, 5.41) is 5.59. The smallest absolute Gasteiger partial charge is 0.367 e. The highest BCUT2D eigenvalue weighted by atomic mass is 31.3. The first-order chi connectivity index (χ1) is 8.85. The molecule has 0 amide bonds. The number of hydrogen-bond donors (Lipinski definition) is 4. The van der Waals surface area contributed by atoms with Gasteiger partial charge in [-0.15, -0.1) is 0 Å². The fraction of sp³-hybridized carbons (Fsp3) is 0.667. The van der Waals surface area contributed by atoms with E-state index in [1.165, 1.54) is 0 Å². The van der Waals surface area contributed by atoms with E-state index < -0.39 is 15.6 Å². The summed E-state index contributed by atoms with van der Waals surface area (Å²) in [5.41, 5.74) is 2.24. The Balaban J connectivity index is 2.66. The van der Waals surface area contributed by atoms with Crippen molar-refractivity contribution in [3.63, 3.8) is 0 Å². The van der Waals surface area contributed by atoms with Crippen molar-refractivity contribution < 1.29 is 32.4 Å². The molecular weight excluding hydrogens is 302 g/mol. The number of unbranched alkanes of at least 4 members (excludes halogenated alkanes) is 1. The first-order valence-electron chi connectivity index (χ1n) is 5.18. The molecule has 1 rings (SSSR count). The lowest BCUT2D eigenvalue weighted by atomic mass is 10.3. The molecule has 0 aromatic carbocycles. The number of H-pyrrole nitrogens is 1. The summed E-state index contributed by atoms with van der Waals surface area (Å²) >= 11 is 0. The number of rotatable bonds is 9. The Morgan fingerprint density at radius 3 is 2.74 bits per heavy atom. The first-order valence-corrected chi connectivity index (χ1v) is 8.17. The van der Waals surface area contributed by atoms with Crippen LogP contribution in [0.3, 0.4) is 0 Å². The molecule has 11 nitrogen and oxygen atoms in total. The zero-order valence-electron chi connectivity index (χ0n) is 9.92. The van der Waals surface area contributed by atoms with E-state index in [0.29, 0.717) is 13.0 Å². The van der Waals surface area contributed by atoms with Gasteiger partial charge in [0.1, 0.15) is 6.33 Å². The Bertz CT molecular complexity index is 460. The van der Waals surface area contributed by atoms with E-state index in [0.717, 1.165) is 12.7 Å². The van der Waals surface area contributed by atoms with Gasteiger partial charge in [0, 0.05) is 6.54 Å². The Hall–Kier alpha value is -0.800. The first kappa shape index (κ1) is 16.3. The summed E-state index contributed by atoms with van der Waals surface area (Å²) in [6.45, 7) is 2.21. The second-order valence-electron chi connectivity index (χ2n) is 3.24. The van der Waals surface area contributed by atoms with Gasteiger partial charge in [-0.1, -0.05) is 13.3 Å². The predicted molar refractivity (Wildman–Crippen MR) is 61.7 cm³/mol. The average Bonchev–Trinajstić information content (AvgIpc) is 2.74. The SMILES string of the molecule is CCCCNOP(=O)(Oc1ncn[nH]1)OP(=O)(O)O. The minimum atomic E-state index is -5.08. The Kier molecular flexibility index (Phi) is 6.08. The van der Waals surface area contributed by atoms with Gasteiger partial charge in [-0.25, -0.2) is 14.2 Å². The predicted octanol–water partition coefficient (Wildman–Crippen LogP) is 0.722. The molecule has 1 unspecified atom stereocenters. The molecule has 0 fully saturated rings. The number of nitrogens with one attached hydrogen (secondary N) is 2. The molecule has 1 aromatic heterocycles. The summed E-state index contributed by atoms with van der Waals surface area (Å²) in [4.78, 5) is 20.8. The summed E-state index contributed by atoms with van der Waals surface area (Å²) in [5.74, 6) is 0. The summed E-state index contributed by atoms with van der Waals surface area (Å²) in [6, 6.07) is -0.367. The quantitative estimate of drug-likeness (QED) is 0.291. The van der Waals surface area contributed by atoms with Crippen molar-refractivity contribution in [2.45, 2.75) is 19.8 Å². The van der Waals surface area contributed by atoms with Crippen LogP contribution in [0.1, 0.15) is 19.8 Å². The number of aromatic nitrogens is 3. The molecule has 1 heterocycles. The maximum atomic E-state index is 12.0. The van der Waals surface area contributed by atoms with Gasteiger partial charge >= 0.3 is 21.7 Å². The van der Waals surface area contributed by atoms with E-state index in [1.54, 1.807) is 0 Å². The highest BCUT2D eigenvalue weighted by molar-refractivity contribution is 7.61. The number of nitrogens with zero attached hydrogens (tertiary/aromatic N) is 2. The molecule has 0 spiro atoms. The van der Waals surface area contributed by atoms with Gasteiger partial charge in [-0.3, -0.25) is 0 Å². The molecule has 13 heteroatoms. The van der Waals surface area contributed by atoms with Crippen molar-refractivity contribution >= 4 is 15.6 Å². The topological polar surface area (TPSA) is 156 Å². The molecule has 0 aliphatic heterocycles. The van der Waals surface area contributed by atoms with Gasteiger partial charge in [0.15, 0.2) is 0 Å². The summed E-state index contributed by atoms with van der Waals surface area (Å²) in [6.07, 6.45) is 2.57. The van der Waals surface area contributed by atoms with Gasteiger partial charge in [0.2, 0.25) is 0 Å². The van der Waals surface area contributed by atoms with E-state index in [1.807, 2.05) is 6.92 Å². The van der Waals surface area contributed by atoms with E-state index >= 15 is 0 Å². The maximum Gasteiger partial charge on any atom is 0.558 e. The van der Waals surface area contributed by atoms with Crippen LogP contribution in [-0.4, -0.2) is 31.5 Å². The molecule has 0 saturated carbocycles. The Morgan fingerprint density at radius 1 is 1.47 bits per heavy atom. The van der Waals surface area contributed by atoms with Gasteiger partial charge in [-0.05, 0) is 6.42 Å². The minimum absolute atomic E-state index is 0.296. The number of hydrogen-bond acceptors (Lipinski definition) is 8. The second kappa shape index (κ2) is 7.11. The van der Waals surface area contributed by atoms with Crippen LogP contribution in [0.25, 0.3) is 0 Å². The lowest BCUT2D eigenvalue weighted by molar-refractivity contribution is 0.121. The Morgan fingerprint density at radius 2 is 2.21 bits per heavy atom. The van der Waals surface area contributed by atoms with E-state index in [9.17, 15) is 9.13 Å². The van der Waals surface area contributed by atoms with Crippen LogP contribution in [0.2, 0.25) is 0 Å². The van der Waals surface area contributed by atoms with Crippen LogP contribution in [-0.2, 0) is 18.1 Å². The van der Waals surface area contributed by atoms with Crippen molar-refractivity contribution in [3.8, 4) is 6.01 Å². The largest absolute Gasteiger partial charge is 0.558 e. The minimum Gasteiger partial charge on any atom is -0.367 e. The molecule has 1 atom stereocenters. The van der Waals surface area contributed by atoms with E-state index in [-0.39, 0.29) is 6.01 Å². The molecule has 0 aliphatic carbocycles. The normalized spacial score (nSPS) is 15.1. The lowest BCUT2D eigenvalue weighted by Crippen LogP contribution is -2.17. The molecule has 0 bridgehead atoms. The molecule has 1 aromatic rings. The molecular formula is C6H14N4O7P2. The second-order valence-corrected chi connectivity index (χ2v) is 6.13. The molecule has 0 radical (unpaired) electrons. The van der Waals surface area contributed by atoms with Crippen LogP contribution in [0, 0.1) is 0 Å². The lowest BCUT2D eigenvalue weighted by Gasteiger charge is -2.16. The third kappa shape index (κ3) is 6.79. The van der Waals surface area contributed by atoms with E-state index in [2.05, 4.69) is 34.1 Å². The van der Waals surface area contributed by atoms with Crippen molar-refractivity contribution in [2.24, 2.45) is 0 Å². The van der Waals surface area contributed by atoms with Crippen LogP contribution in [0.5, 0.6) is 6.01 Å². The highest BCUT2D eigenvalue weighted by Gasteiger charge is 2.39. The fourth-order valence-corrected chi connectivity index (χ4v) is 2.80. The van der Waals surface area contributed by atoms with Crippen LogP contribution in [0.15, 0.2) is 6.33 Å². The zero-order valence-corrected chi connectivity index (χ0v) is 11.7. The molecule has 110 valence electrons. The third-order valence-corrected chi connectivity index (χ3v) is 4.01. The zero-order chi connectivity index (χ0) is 14.4. The van der Waals surface area contributed by atoms with Gasteiger partial charge in [-0.2, -0.15) is 24.5 Å². The van der Waals surface area contributed by atoms with Crippen molar-refractivity contribution in [2.75, 3.05) is 6.54 Å². The van der Waals surface area contributed by atoms with Crippen molar-refractivity contribution in [1.29, 1.82) is 0 Å². The molecule has 0 saturated heterocycles. The molecule has 4 N–H and O–H groups in total.